The average molecular weight is 345 g/mol. The van der Waals surface area contributed by atoms with Crippen molar-refractivity contribution in [3.63, 3.8) is 0 Å². The van der Waals surface area contributed by atoms with Crippen molar-refractivity contribution in [1.82, 2.24) is 9.88 Å². The van der Waals surface area contributed by atoms with E-state index in [4.69, 9.17) is 4.74 Å². The van der Waals surface area contributed by atoms with Gasteiger partial charge in [0.05, 0.1) is 12.7 Å². The fourth-order valence-corrected chi connectivity index (χ4v) is 2.36. The number of aromatic nitrogens is 1. The first-order valence-corrected chi connectivity index (χ1v) is 8.12. The lowest BCUT2D eigenvalue weighted by atomic mass is 10.2. The zero-order valence-corrected chi connectivity index (χ0v) is 14.4. The molecule has 1 aromatic heterocycles. The van der Waals surface area contributed by atoms with Gasteiger partial charge in [0.25, 0.3) is 0 Å². The van der Waals surface area contributed by atoms with E-state index < -0.39 is 17.9 Å². The minimum atomic E-state index is -0.752. The maximum Gasteiger partial charge on any atom is 0.313 e. The molecular weight excluding hydrogens is 322 g/mol. The number of aliphatic hydroxyl groups is 1. The van der Waals surface area contributed by atoms with E-state index in [1.165, 1.54) is 0 Å². The van der Waals surface area contributed by atoms with Gasteiger partial charge in [-0.2, -0.15) is 0 Å². The van der Waals surface area contributed by atoms with Gasteiger partial charge in [-0.15, -0.1) is 0 Å². The third-order valence-electron chi connectivity index (χ3n) is 3.66. The summed E-state index contributed by atoms with van der Waals surface area (Å²) in [5, 5.41) is 15.1. The molecule has 0 radical (unpaired) electrons. The van der Waals surface area contributed by atoms with Gasteiger partial charge in [0.1, 0.15) is 5.75 Å². The molecule has 0 spiro atoms. The number of carbonyl (C=O) groups is 2. The van der Waals surface area contributed by atoms with Crippen LogP contribution < -0.4 is 15.4 Å². The minimum Gasteiger partial charge on any atom is -0.494 e. The first-order valence-electron chi connectivity index (χ1n) is 8.12. The molecule has 0 aliphatic rings. The largest absolute Gasteiger partial charge is 0.494 e. The van der Waals surface area contributed by atoms with Gasteiger partial charge < -0.3 is 25.0 Å². The number of hydrogen-bond acceptors (Lipinski definition) is 4. The highest BCUT2D eigenvalue weighted by Crippen LogP contribution is 2.16. The summed E-state index contributed by atoms with van der Waals surface area (Å²) in [5.41, 5.74) is 1.26. The molecule has 134 valence electrons. The first-order chi connectivity index (χ1) is 12.0. The molecule has 0 unspecified atom stereocenters. The standard InChI is InChI=1S/C18H23N3O4/c1-3-25-14-8-6-13(7-9-14)20-18(24)17(23)19-11-10-16(22)15-5-4-12-21(15)2/h4-9,12,16,22H,3,10-11H2,1-2H3,(H,19,23)(H,20,24)/t16-/m0/s1. The third kappa shape index (κ3) is 5.36. The number of benzene rings is 1. The summed E-state index contributed by atoms with van der Waals surface area (Å²) in [4.78, 5) is 23.7. The van der Waals surface area contributed by atoms with Gasteiger partial charge >= 0.3 is 11.8 Å². The lowest BCUT2D eigenvalue weighted by Gasteiger charge is -2.12. The topological polar surface area (TPSA) is 92.6 Å². The molecule has 0 aliphatic heterocycles. The smallest absolute Gasteiger partial charge is 0.313 e. The van der Waals surface area contributed by atoms with Crippen molar-refractivity contribution in [3.05, 3.63) is 48.3 Å². The average Bonchev–Trinajstić information content (AvgIpc) is 3.02. The van der Waals surface area contributed by atoms with E-state index >= 15 is 0 Å². The second-order valence-corrected chi connectivity index (χ2v) is 5.52. The molecular formula is C18H23N3O4. The molecule has 2 aromatic rings. The van der Waals surface area contributed by atoms with E-state index in [0.29, 0.717) is 24.5 Å². The summed E-state index contributed by atoms with van der Waals surface area (Å²) in [6.45, 7) is 2.64. The Labute approximate surface area is 146 Å². The third-order valence-corrected chi connectivity index (χ3v) is 3.66. The van der Waals surface area contributed by atoms with Crippen LogP contribution in [0, 0.1) is 0 Å². The normalized spacial score (nSPS) is 11.6. The van der Waals surface area contributed by atoms with Crippen LogP contribution >= 0.6 is 0 Å². The van der Waals surface area contributed by atoms with Crippen LogP contribution in [-0.4, -0.2) is 34.6 Å². The van der Waals surface area contributed by atoms with Crippen molar-refractivity contribution in [2.24, 2.45) is 7.05 Å². The van der Waals surface area contributed by atoms with Crippen LogP contribution in [0.4, 0.5) is 5.69 Å². The van der Waals surface area contributed by atoms with E-state index in [2.05, 4.69) is 10.6 Å². The predicted octanol–water partition coefficient (Wildman–Crippen LogP) is 1.60. The van der Waals surface area contributed by atoms with E-state index in [1.807, 2.05) is 36.9 Å². The van der Waals surface area contributed by atoms with E-state index in [9.17, 15) is 14.7 Å². The number of ether oxygens (including phenoxy) is 1. The summed E-state index contributed by atoms with van der Waals surface area (Å²) in [5.74, 6) is -0.801. The maximum atomic E-state index is 11.9. The molecule has 1 heterocycles. The first kappa shape index (κ1) is 18.5. The fraction of sp³-hybridized carbons (Fsp3) is 0.333. The second-order valence-electron chi connectivity index (χ2n) is 5.52. The maximum absolute atomic E-state index is 11.9. The van der Waals surface area contributed by atoms with Gasteiger partial charge in [-0.3, -0.25) is 9.59 Å². The van der Waals surface area contributed by atoms with Crippen LogP contribution in [0.15, 0.2) is 42.6 Å². The summed E-state index contributed by atoms with van der Waals surface area (Å²) < 4.78 is 7.12. The monoisotopic (exact) mass is 345 g/mol. The Bertz CT molecular complexity index is 709. The van der Waals surface area contributed by atoms with Crippen LogP contribution in [0.3, 0.4) is 0 Å². The van der Waals surface area contributed by atoms with Gasteiger partial charge in [-0.05, 0) is 49.7 Å². The van der Waals surface area contributed by atoms with Crippen molar-refractivity contribution >= 4 is 17.5 Å². The quantitative estimate of drug-likeness (QED) is 0.665. The van der Waals surface area contributed by atoms with E-state index in [0.717, 1.165) is 5.69 Å². The molecule has 3 N–H and O–H groups in total. The number of aliphatic hydroxyl groups excluding tert-OH is 1. The molecule has 7 nitrogen and oxygen atoms in total. The number of hydrogen-bond donors (Lipinski definition) is 3. The number of nitrogens with one attached hydrogen (secondary N) is 2. The summed E-state index contributed by atoms with van der Waals surface area (Å²) in [7, 11) is 1.83. The van der Waals surface area contributed by atoms with Gasteiger partial charge in [0.15, 0.2) is 0 Å². The molecule has 0 aliphatic carbocycles. The number of rotatable bonds is 7. The van der Waals surface area contributed by atoms with Crippen LogP contribution in [0.1, 0.15) is 25.1 Å². The highest BCUT2D eigenvalue weighted by molar-refractivity contribution is 6.39. The van der Waals surface area contributed by atoms with Crippen molar-refractivity contribution in [2.75, 3.05) is 18.5 Å². The molecule has 7 heteroatoms. The fourth-order valence-electron chi connectivity index (χ4n) is 2.36. The summed E-state index contributed by atoms with van der Waals surface area (Å²) >= 11 is 0. The van der Waals surface area contributed by atoms with Crippen molar-refractivity contribution in [3.8, 4) is 5.75 Å². The lowest BCUT2D eigenvalue weighted by molar-refractivity contribution is -0.136. The summed E-state index contributed by atoms with van der Waals surface area (Å²) in [6.07, 6.45) is 1.45. The minimum absolute atomic E-state index is 0.196. The highest BCUT2D eigenvalue weighted by atomic mass is 16.5. The number of amides is 2. The zero-order valence-electron chi connectivity index (χ0n) is 14.4. The van der Waals surface area contributed by atoms with Crippen LogP contribution in [0.5, 0.6) is 5.75 Å². The number of carbonyl (C=O) groups excluding carboxylic acids is 2. The predicted molar refractivity (Wildman–Crippen MR) is 94.2 cm³/mol. The molecule has 0 saturated carbocycles. The second kappa shape index (κ2) is 8.89. The zero-order chi connectivity index (χ0) is 18.2. The molecule has 2 rings (SSSR count). The Balaban J connectivity index is 1.76. The highest BCUT2D eigenvalue weighted by Gasteiger charge is 2.15. The molecule has 0 fully saturated rings. The number of anilines is 1. The van der Waals surface area contributed by atoms with Crippen LogP contribution in [-0.2, 0) is 16.6 Å². The van der Waals surface area contributed by atoms with Crippen LogP contribution in [0.25, 0.3) is 0 Å². The molecule has 25 heavy (non-hydrogen) atoms. The van der Waals surface area contributed by atoms with Gasteiger partial charge in [0.2, 0.25) is 0 Å². The van der Waals surface area contributed by atoms with Crippen molar-refractivity contribution in [1.29, 1.82) is 0 Å². The molecule has 0 bridgehead atoms. The van der Waals surface area contributed by atoms with Crippen molar-refractivity contribution in [2.45, 2.75) is 19.4 Å². The van der Waals surface area contributed by atoms with Crippen molar-refractivity contribution < 1.29 is 19.4 Å². The van der Waals surface area contributed by atoms with E-state index in [1.54, 1.807) is 24.3 Å². The van der Waals surface area contributed by atoms with Gasteiger partial charge in [-0.1, -0.05) is 0 Å². The Hall–Kier alpha value is -2.80. The van der Waals surface area contributed by atoms with Gasteiger partial charge in [-0.25, -0.2) is 0 Å². The molecule has 0 saturated heterocycles. The Kier molecular flexibility index (Phi) is 6.59. The van der Waals surface area contributed by atoms with Gasteiger partial charge in [0, 0.05) is 31.2 Å². The molecule has 2 amide bonds. The SMILES string of the molecule is CCOc1ccc(NC(=O)C(=O)NCC[C@H](O)c2cccn2C)cc1. The van der Waals surface area contributed by atoms with E-state index in [-0.39, 0.29) is 6.54 Å². The Morgan fingerprint density at radius 3 is 2.52 bits per heavy atom. The lowest BCUT2D eigenvalue weighted by Crippen LogP contribution is -2.36. The number of nitrogens with zero attached hydrogens (tertiary/aromatic N) is 1. The summed E-state index contributed by atoms with van der Waals surface area (Å²) in [6, 6.07) is 10.4. The Morgan fingerprint density at radius 1 is 1.20 bits per heavy atom. The van der Waals surface area contributed by atoms with Crippen LogP contribution in [0.2, 0.25) is 0 Å². The Morgan fingerprint density at radius 2 is 1.92 bits per heavy atom. The molecule has 1 aromatic carbocycles. The molecule has 1 atom stereocenters. The number of aryl methyl sites for hydroxylation is 1.